The van der Waals surface area contributed by atoms with Crippen molar-refractivity contribution in [1.29, 1.82) is 0 Å². The van der Waals surface area contributed by atoms with Gasteiger partial charge in [0.25, 0.3) is 5.91 Å². The van der Waals surface area contributed by atoms with Crippen molar-refractivity contribution in [3.63, 3.8) is 0 Å². The zero-order valence-electron chi connectivity index (χ0n) is 12.8. The van der Waals surface area contributed by atoms with Gasteiger partial charge in [0.05, 0.1) is 0 Å². The molecule has 1 saturated heterocycles. The van der Waals surface area contributed by atoms with E-state index in [1.807, 2.05) is 0 Å². The van der Waals surface area contributed by atoms with E-state index in [9.17, 15) is 19.5 Å². The predicted molar refractivity (Wildman–Crippen MR) is 83.4 cm³/mol. The summed E-state index contributed by atoms with van der Waals surface area (Å²) in [5, 5.41) is 9.64. The molecule has 1 rings (SSSR count). The summed E-state index contributed by atoms with van der Waals surface area (Å²) < 4.78 is 8.10. The van der Waals surface area contributed by atoms with Crippen LogP contribution in [-0.2, 0) is 19.1 Å². The highest BCUT2D eigenvalue weighted by Crippen LogP contribution is 2.28. The van der Waals surface area contributed by atoms with E-state index in [0.29, 0.717) is 4.90 Å². The number of esters is 1. The summed E-state index contributed by atoms with van der Waals surface area (Å²) in [4.78, 5) is 36.9. The van der Waals surface area contributed by atoms with E-state index in [4.69, 9.17) is 44.3 Å². The highest BCUT2D eigenvalue weighted by molar-refractivity contribution is 6.67. The minimum Gasteiger partial charge on any atom is -0.460 e. The molecule has 1 heterocycles. The maximum atomic E-state index is 12.2. The molecule has 23 heavy (non-hydrogen) atoms. The van der Waals surface area contributed by atoms with Gasteiger partial charge in [0, 0.05) is 0 Å². The maximum Gasteiger partial charge on any atom is 0.417 e. The van der Waals surface area contributed by atoms with Gasteiger partial charge in [-0.3, -0.25) is 4.79 Å². The van der Waals surface area contributed by atoms with Crippen molar-refractivity contribution in [2.45, 2.75) is 55.2 Å². The third-order valence-corrected chi connectivity index (χ3v) is 3.12. The van der Waals surface area contributed by atoms with Crippen LogP contribution in [0.15, 0.2) is 0 Å². The molecule has 7 nitrogen and oxygen atoms in total. The Morgan fingerprint density at radius 1 is 1.26 bits per heavy atom. The minimum atomic E-state index is -1.81. The van der Waals surface area contributed by atoms with E-state index in [0.717, 1.165) is 0 Å². The molecule has 0 unspecified atom stereocenters. The second kappa shape index (κ2) is 7.42. The van der Waals surface area contributed by atoms with Crippen LogP contribution in [-0.4, -0.2) is 56.1 Å². The fourth-order valence-electron chi connectivity index (χ4n) is 1.88. The number of nitrogens with zero attached hydrogens (tertiary/aromatic N) is 1. The number of aliphatic hydroxyl groups is 1. The van der Waals surface area contributed by atoms with E-state index in [-0.39, 0.29) is 12.8 Å². The standard InChI is InChI=1S/C13H18Cl3NO6/c1-12(2,3)23-11(21)17-7(4-5-8(18)9(17)19)10(20)22-6-13(14,15)16/h7-8,18H,4-6H2,1-3H3/t7-,8+/m0/s1. The molecule has 2 amide bonds. The summed E-state index contributed by atoms with van der Waals surface area (Å²) in [7, 11) is 0. The molecule has 1 aliphatic rings. The van der Waals surface area contributed by atoms with Gasteiger partial charge in [-0.15, -0.1) is 0 Å². The van der Waals surface area contributed by atoms with E-state index in [1.54, 1.807) is 20.8 Å². The van der Waals surface area contributed by atoms with Crippen molar-refractivity contribution in [2.24, 2.45) is 0 Å². The number of imide groups is 1. The normalized spacial score (nSPS) is 22.7. The Kier molecular flexibility index (Phi) is 6.55. The molecule has 0 aromatic rings. The van der Waals surface area contributed by atoms with Gasteiger partial charge in [-0.05, 0) is 33.6 Å². The van der Waals surface area contributed by atoms with Crippen molar-refractivity contribution in [3.8, 4) is 0 Å². The maximum absolute atomic E-state index is 12.2. The topological polar surface area (TPSA) is 93.1 Å². The quantitative estimate of drug-likeness (QED) is 0.574. The molecule has 1 aliphatic heterocycles. The van der Waals surface area contributed by atoms with Gasteiger partial charge in [-0.25, -0.2) is 14.5 Å². The van der Waals surface area contributed by atoms with Crippen LogP contribution in [0.25, 0.3) is 0 Å². The van der Waals surface area contributed by atoms with Crippen molar-refractivity contribution in [2.75, 3.05) is 6.61 Å². The lowest BCUT2D eigenvalue weighted by molar-refractivity contribution is -0.161. The van der Waals surface area contributed by atoms with Crippen LogP contribution < -0.4 is 0 Å². The summed E-state index contributed by atoms with van der Waals surface area (Å²) in [6, 6.07) is -1.24. The molecule has 0 aromatic carbocycles. The Bertz CT molecular complexity index is 485. The monoisotopic (exact) mass is 389 g/mol. The van der Waals surface area contributed by atoms with Crippen LogP contribution in [0.4, 0.5) is 4.79 Å². The first kappa shape index (κ1) is 20.3. The number of carbonyl (C=O) groups is 3. The molecule has 10 heteroatoms. The number of aliphatic hydroxyl groups excluding tert-OH is 1. The van der Waals surface area contributed by atoms with Crippen LogP contribution in [0.2, 0.25) is 0 Å². The lowest BCUT2D eigenvalue weighted by atomic mass is 10.00. The molecule has 0 aromatic heterocycles. The smallest absolute Gasteiger partial charge is 0.417 e. The SMILES string of the molecule is CC(C)(C)OC(=O)N1C(=O)[C@H](O)CC[C@H]1C(=O)OCC(Cl)(Cl)Cl. The summed E-state index contributed by atoms with van der Waals surface area (Å²) in [5.41, 5.74) is -0.883. The number of alkyl halides is 3. The highest BCUT2D eigenvalue weighted by Gasteiger charge is 2.45. The van der Waals surface area contributed by atoms with Crippen molar-refractivity contribution >= 4 is 52.8 Å². The summed E-state index contributed by atoms with van der Waals surface area (Å²) >= 11 is 16.5. The van der Waals surface area contributed by atoms with Gasteiger partial charge in [-0.2, -0.15) is 0 Å². The third kappa shape index (κ3) is 6.33. The van der Waals surface area contributed by atoms with Gasteiger partial charge in [0.1, 0.15) is 24.4 Å². The van der Waals surface area contributed by atoms with E-state index in [1.165, 1.54) is 0 Å². The second-order valence-electron chi connectivity index (χ2n) is 6.02. The third-order valence-electron chi connectivity index (χ3n) is 2.79. The number of likely N-dealkylation sites (tertiary alicyclic amines) is 1. The molecule has 132 valence electrons. The lowest BCUT2D eigenvalue weighted by Crippen LogP contribution is -2.57. The van der Waals surface area contributed by atoms with Crippen molar-refractivity contribution in [1.82, 2.24) is 4.90 Å². The average Bonchev–Trinajstić information content (AvgIpc) is 2.35. The Balaban J connectivity index is 2.91. The Morgan fingerprint density at radius 2 is 1.83 bits per heavy atom. The molecule has 0 radical (unpaired) electrons. The number of ether oxygens (including phenoxy) is 2. The molecular weight excluding hydrogens is 373 g/mol. The number of amides is 2. The van der Waals surface area contributed by atoms with Gasteiger partial charge in [0.2, 0.25) is 3.79 Å². The number of hydrogen-bond donors (Lipinski definition) is 1. The predicted octanol–water partition coefficient (Wildman–Crippen LogP) is 2.19. The molecule has 1 N–H and O–H groups in total. The number of rotatable bonds is 2. The second-order valence-corrected chi connectivity index (χ2v) is 8.54. The lowest BCUT2D eigenvalue weighted by Gasteiger charge is -2.35. The van der Waals surface area contributed by atoms with Crippen LogP contribution in [0, 0.1) is 0 Å². The Morgan fingerprint density at radius 3 is 2.30 bits per heavy atom. The van der Waals surface area contributed by atoms with Gasteiger partial charge in [0.15, 0.2) is 0 Å². The fraction of sp³-hybridized carbons (Fsp3) is 0.769. The highest BCUT2D eigenvalue weighted by atomic mass is 35.6. The molecule has 0 saturated carbocycles. The van der Waals surface area contributed by atoms with Crippen LogP contribution >= 0.6 is 34.8 Å². The van der Waals surface area contributed by atoms with E-state index >= 15 is 0 Å². The number of piperidine rings is 1. The summed E-state index contributed by atoms with van der Waals surface area (Å²) in [6.07, 6.45) is -2.41. The van der Waals surface area contributed by atoms with Crippen LogP contribution in [0.3, 0.4) is 0 Å². The molecular formula is C13H18Cl3NO6. The number of carbonyl (C=O) groups excluding carboxylic acids is 3. The van der Waals surface area contributed by atoms with Gasteiger partial charge in [-0.1, -0.05) is 34.8 Å². The average molecular weight is 391 g/mol. The molecule has 1 fully saturated rings. The molecule has 0 aliphatic carbocycles. The zero-order valence-corrected chi connectivity index (χ0v) is 15.1. The van der Waals surface area contributed by atoms with E-state index < -0.39 is 46.1 Å². The van der Waals surface area contributed by atoms with Crippen molar-refractivity contribution in [3.05, 3.63) is 0 Å². The zero-order chi connectivity index (χ0) is 18.0. The molecule has 0 bridgehead atoms. The van der Waals surface area contributed by atoms with Crippen molar-refractivity contribution < 1.29 is 29.0 Å². The number of hydrogen-bond acceptors (Lipinski definition) is 6. The first-order valence-electron chi connectivity index (χ1n) is 6.79. The number of halogens is 3. The first-order valence-corrected chi connectivity index (χ1v) is 7.93. The molecule has 0 spiro atoms. The van der Waals surface area contributed by atoms with Crippen LogP contribution in [0.1, 0.15) is 33.6 Å². The van der Waals surface area contributed by atoms with Gasteiger partial charge >= 0.3 is 12.1 Å². The first-order chi connectivity index (χ1) is 10.3. The Labute approximate surface area is 148 Å². The Hall–Kier alpha value is -0.760. The van der Waals surface area contributed by atoms with E-state index in [2.05, 4.69) is 0 Å². The van der Waals surface area contributed by atoms with Gasteiger partial charge < -0.3 is 14.6 Å². The molecule has 2 atom stereocenters. The fourth-order valence-corrected chi connectivity index (χ4v) is 2.05. The van der Waals surface area contributed by atoms with Crippen LogP contribution in [0.5, 0.6) is 0 Å². The largest absolute Gasteiger partial charge is 0.460 e. The summed E-state index contributed by atoms with van der Waals surface area (Å²) in [6.45, 7) is 4.27. The minimum absolute atomic E-state index is 0.00562. The summed E-state index contributed by atoms with van der Waals surface area (Å²) in [5.74, 6) is -1.84.